The molecule has 0 saturated carbocycles. The first-order valence-corrected chi connectivity index (χ1v) is 9.34. The summed E-state index contributed by atoms with van der Waals surface area (Å²) in [6.45, 7) is 1.74. The van der Waals surface area contributed by atoms with E-state index in [0.717, 1.165) is 26.9 Å². The van der Waals surface area contributed by atoms with E-state index in [4.69, 9.17) is 16.0 Å². The molecule has 4 heterocycles. The number of hydrogen-bond acceptors (Lipinski definition) is 8. The molecule has 0 saturated heterocycles. The molecule has 10 heteroatoms. The van der Waals surface area contributed by atoms with Crippen LogP contribution in [0.15, 0.2) is 41.3 Å². The van der Waals surface area contributed by atoms with Crippen LogP contribution >= 0.6 is 34.5 Å². The number of pyridine rings is 1. The average molecular weight is 404 g/mol. The summed E-state index contributed by atoms with van der Waals surface area (Å²) in [7, 11) is 0. The second-order valence-corrected chi connectivity index (χ2v) is 7.41. The molecular formula is C16H10ClN5O2S2. The van der Waals surface area contributed by atoms with Gasteiger partial charge in [-0.2, -0.15) is 0 Å². The Labute approximate surface area is 160 Å². The summed E-state index contributed by atoms with van der Waals surface area (Å²) < 4.78 is 9.06. The van der Waals surface area contributed by atoms with Gasteiger partial charge in [0.15, 0.2) is 0 Å². The Bertz CT molecular complexity index is 1060. The summed E-state index contributed by atoms with van der Waals surface area (Å²) in [5, 5.41) is 7.15. The van der Waals surface area contributed by atoms with Gasteiger partial charge in [0, 0.05) is 11.8 Å². The van der Waals surface area contributed by atoms with E-state index in [2.05, 4.69) is 24.9 Å². The second kappa shape index (κ2) is 6.94. The predicted octanol–water partition coefficient (Wildman–Crippen LogP) is 4.53. The lowest BCUT2D eigenvalue weighted by Crippen LogP contribution is -2.12. The number of aryl methyl sites for hydroxylation is 1. The average Bonchev–Trinajstić information content (AvgIpc) is 3.36. The monoisotopic (exact) mass is 403 g/mol. The molecule has 4 aromatic rings. The van der Waals surface area contributed by atoms with Gasteiger partial charge in [-0.15, -0.1) is 16.4 Å². The topological polar surface area (TPSA) is 93.8 Å². The van der Waals surface area contributed by atoms with Crippen molar-refractivity contribution in [3.63, 3.8) is 0 Å². The van der Waals surface area contributed by atoms with Gasteiger partial charge in [-0.25, -0.2) is 9.97 Å². The number of nitrogens with one attached hydrogen (secondary N) is 1. The van der Waals surface area contributed by atoms with Crippen molar-refractivity contribution < 1.29 is 9.21 Å². The van der Waals surface area contributed by atoms with Crippen LogP contribution < -0.4 is 5.32 Å². The highest BCUT2D eigenvalue weighted by Gasteiger charge is 2.16. The van der Waals surface area contributed by atoms with Crippen molar-refractivity contribution in [2.24, 2.45) is 0 Å². The van der Waals surface area contributed by atoms with Crippen molar-refractivity contribution in [1.29, 1.82) is 0 Å². The van der Waals surface area contributed by atoms with Crippen LogP contribution in [0.2, 0.25) is 5.02 Å². The summed E-state index contributed by atoms with van der Waals surface area (Å²) in [6, 6.07) is 5.37. The molecule has 0 aliphatic heterocycles. The maximum atomic E-state index is 12.2. The number of oxazole rings is 1. The molecule has 0 aliphatic carbocycles. The number of thiophene rings is 1. The first kappa shape index (κ1) is 16.8. The zero-order valence-corrected chi connectivity index (χ0v) is 15.7. The van der Waals surface area contributed by atoms with Crippen LogP contribution in [-0.2, 0) is 0 Å². The fourth-order valence-electron chi connectivity index (χ4n) is 2.23. The van der Waals surface area contributed by atoms with E-state index in [1.165, 1.54) is 17.6 Å². The number of nitrogens with zero attached hydrogens (tertiary/aromatic N) is 4. The largest absolute Gasteiger partial charge is 0.444 e. The summed E-state index contributed by atoms with van der Waals surface area (Å²) in [5.74, 6) is 0.679. The normalized spacial score (nSPS) is 10.8. The van der Waals surface area contributed by atoms with Crippen molar-refractivity contribution in [1.82, 2.24) is 19.6 Å². The van der Waals surface area contributed by atoms with E-state index >= 15 is 0 Å². The highest BCUT2D eigenvalue weighted by molar-refractivity contribution is 7.19. The molecule has 7 nitrogen and oxygen atoms in total. The molecule has 130 valence electrons. The van der Waals surface area contributed by atoms with Gasteiger partial charge >= 0.3 is 0 Å². The number of carbonyl (C=O) groups is 1. The summed E-state index contributed by atoms with van der Waals surface area (Å²) in [6.07, 6.45) is 4.76. The zero-order chi connectivity index (χ0) is 18.1. The van der Waals surface area contributed by atoms with Crippen molar-refractivity contribution in [3.8, 4) is 21.2 Å². The quantitative estimate of drug-likeness (QED) is 0.538. The molecule has 0 aromatic carbocycles. The van der Waals surface area contributed by atoms with Crippen molar-refractivity contribution in [2.75, 3.05) is 5.32 Å². The van der Waals surface area contributed by atoms with E-state index in [0.29, 0.717) is 27.3 Å². The van der Waals surface area contributed by atoms with Crippen LogP contribution in [0, 0.1) is 6.92 Å². The van der Waals surface area contributed by atoms with Crippen LogP contribution in [0.1, 0.15) is 15.4 Å². The molecular weight excluding hydrogens is 394 g/mol. The maximum absolute atomic E-state index is 12.2. The summed E-state index contributed by atoms with van der Waals surface area (Å²) >= 11 is 8.84. The van der Waals surface area contributed by atoms with Gasteiger partial charge in [-0.3, -0.25) is 4.79 Å². The van der Waals surface area contributed by atoms with Crippen LogP contribution in [-0.4, -0.2) is 25.5 Å². The Morgan fingerprint density at radius 1 is 1.31 bits per heavy atom. The molecule has 0 bridgehead atoms. The number of carbonyl (C=O) groups excluding carboxylic acids is 1. The van der Waals surface area contributed by atoms with Crippen molar-refractivity contribution >= 4 is 46.2 Å². The molecule has 0 aliphatic rings. The smallest absolute Gasteiger partial charge is 0.270 e. The molecule has 4 rings (SSSR count). The highest BCUT2D eigenvalue weighted by Crippen LogP contribution is 2.40. The Morgan fingerprint density at radius 3 is 2.85 bits per heavy atom. The second-order valence-electron chi connectivity index (χ2n) is 5.20. The third-order valence-electron chi connectivity index (χ3n) is 3.45. The lowest BCUT2D eigenvalue weighted by molar-refractivity contribution is 0.102. The van der Waals surface area contributed by atoms with E-state index in [1.807, 2.05) is 12.1 Å². The third-order valence-corrected chi connectivity index (χ3v) is 5.86. The van der Waals surface area contributed by atoms with E-state index in [-0.39, 0.29) is 5.91 Å². The van der Waals surface area contributed by atoms with Crippen molar-refractivity contribution in [3.05, 3.63) is 52.4 Å². The molecule has 0 atom stereocenters. The van der Waals surface area contributed by atoms with Gasteiger partial charge in [-0.05, 0) is 36.7 Å². The minimum absolute atomic E-state index is 0.280. The number of anilines is 1. The molecule has 0 radical (unpaired) electrons. The van der Waals surface area contributed by atoms with Gasteiger partial charge in [0.05, 0.1) is 26.7 Å². The predicted molar refractivity (Wildman–Crippen MR) is 101 cm³/mol. The zero-order valence-electron chi connectivity index (χ0n) is 13.3. The molecule has 1 N–H and O–H groups in total. The lowest BCUT2D eigenvalue weighted by Gasteiger charge is -2.04. The Balaban J connectivity index is 1.55. The molecule has 0 fully saturated rings. The first-order valence-electron chi connectivity index (χ1n) is 7.38. The van der Waals surface area contributed by atoms with Crippen LogP contribution in [0.25, 0.3) is 21.2 Å². The fourth-order valence-corrected chi connectivity index (χ4v) is 4.16. The number of amides is 1. The van der Waals surface area contributed by atoms with Crippen LogP contribution in [0.5, 0.6) is 0 Å². The minimum atomic E-state index is -0.280. The maximum Gasteiger partial charge on any atom is 0.270 e. The first-order chi connectivity index (χ1) is 12.6. The van der Waals surface area contributed by atoms with Crippen LogP contribution in [0.3, 0.4) is 0 Å². The standard InChI is InChI=1S/C16H10ClN5O2S2/c1-8-13(26-22-21-8)15(23)20-12-3-2-9(7-19-12)14-10(17)6-11(25-14)16-18-4-5-24-16/h2-7H,1H3,(H,19,20,23). The lowest BCUT2D eigenvalue weighted by atomic mass is 10.2. The van der Waals surface area contributed by atoms with E-state index in [1.54, 1.807) is 25.4 Å². The highest BCUT2D eigenvalue weighted by atomic mass is 35.5. The summed E-state index contributed by atoms with van der Waals surface area (Å²) in [4.78, 5) is 22.8. The van der Waals surface area contributed by atoms with Gasteiger partial charge in [-0.1, -0.05) is 16.1 Å². The van der Waals surface area contributed by atoms with Crippen LogP contribution in [0.4, 0.5) is 5.82 Å². The number of hydrogen-bond donors (Lipinski definition) is 1. The van der Waals surface area contributed by atoms with Gasteiger partial charge < -0.3 is 9.73 Å². The third kappa shape index (κ3) is 3.24. The van der Waals surface area contributed by atoms with E-state index in [9.17, 15) is 4.79 Å². The molecule has 0 unspecified atom stereocenters. The minimum Gasteiger partial charge on any atom is -0.444 e. The molecule has 0 spiro atoms. The SMILES string of the molecule is Cc1nnsc1C(=O)Nc1ccc(-c2sc(-c3ncco3)cc2Cl)cn1. The summed E-state index contributed by atoms with van der Waals surface area (Å²) in [5.41, 5.74) is 1.43. The molecule has 4 aromatic heterocycles. The van der Waals surface area contributed by atoms with Gasteiger partial charge in [0.2, 0.25) is 5.89 Å². The van der Waals surface area contributed by atoms with E-state index < -0.39 is 0 Å². The Kier molecular flexibility index (Phi) is 4.49. The molecule has 26 heavy (non-hydrogen) atoms. The molecule has 1 amide bonds. The Hall–Kier alpha value is -2.62. The van der Waals surface area contributed by atoms with Gasteiger partial charge in [0.25, 0.3) is 5.91 Å². The number of halogens is 1. The Morgan fingerprint density at radius 2 is 2.19 bits per heavy atom. The number of rotatable bonds is 4. The van der Waals surface area contributed by atoms with Gasteiger partial charge in [0.1, 0.15) is 17.0 Å². The van der Waals surface area contributed by atoms with Crippen molar-refractivity contribution in [2.45, 2.75) is 6.92 Å². The number of aromatic nitrogens is 4. The fraction of sp³-hybridized carbons (Fsp3) is 0.0625.